The molecule has 38 heteroatoms. The summed E-state index contributed by atoms with van der Waals surface area (Å²) in [6.07, 6.45) is -11.3. The molecule has 108 heavy (non-hydrogen) atoms. The van der Waals surface area contributed by atoms with Gasteiger partial charge in [0.15, 0.2) is 18.9 Å². The summed E-state index contributed by atoms with van der Waals surface area (Å²) >= 11 is 0. The number of ether oxygens (including phenoxy) is 16. The van der Waals surface area contributed by atoms with Gasteiger partial charge in [-0.25, -0.2) is 0 Å². The van der Waals surface area contributed by atoms with Gasteiger partial charge in [0.2, 0.25) is 29.5 Å². The maximum Gasteiger partial charge on any atom is 0.222 e. The molecular weight excluding hydrogens is 1440 g/mol. The van der Waals surface area contributed by atoms with E-state index in [0.29, 0.717) is 32.4 Å². The standard InChI is InChI=1S/C70H129N5O33/c1-69(2,3)105-44-48-38-49(79)40-75(48)58(85)13-11-9-7-5-4-6-8-10-12-57(84)74-70(45-99-20-14-54(81)71-17-23-93-26-29-96-32-35-102-66-59(86)51(80)39-50(41-76)106-66,46-100-21-15-55(82)72-18-24-94-27-30-97-33-36-103-67-64(91)62(89)60(87)52(42-77)107-67)47-101-22-16-56(83)73-19-25-95-28-31-98-34-37-104-68-65(92)63(90)61(88)53(43-78)108-68/h48-53,59-68,76-80,86-92H,4-47H2,1-3H3,(H,71,81)(H,72,82)(H,73,83)(H,74,84)/t48-,49+,50?,51-,52?,53?,59?,60+,61+,62-,63-,64?,65?,66-,67-,68-,70?/m0/s1. The van der Waals surface area contributed by atoms with Crippen LogP contribution in [0.1, 0.15) is 117 Å². The maximum atomic E-state index is 14.0. The highest BCUT2D eigenvalue weighted by atomic mass is 16.7. The quantitative estimate of drug-likeness (QED) is 0.0253. The average molecular weight is 1570 g/mol. The molecule has 38 nitrogen and oxygen atoms in total. The fraction of sp³-hybridized carbons (Fsp3) is 0.929. The topological polar surface area (TPSA) is 527 Å². The van der Waals surface area contributed by atoms with Crippen LogP contribution in [0.3, 0.4) is 0 Å². The largest absolute Gasteiger partial charge is 0.394 e. The number of aliphatic hydroxyl groups excluding tert-OH is 12. The number of carbonyl (C=O) groups excluding carboxylic acids is 5. The minimum atomic E-state index is -1.57. The van der Waals surface area contributed by atoms with Crippen molar-refractivity contribution in [3.63, 3.8) is 0 Å². The van der Waals surface area contributed by atoms with Crippen LogP contribution in [-0.2, 0) is 99.8 Å². The van der Waals surface area contributed by atoms with E-state index in [9.17, 15) is 85.3 Å². The van der Waals surface area contributed by atoms with Gasteiger partial charge >= 0.3 is 0 Å². The van der Waals surface area contributed by atoms with Crippen molar-refractivity contribution in [1.29, 1.82) is 0 Å². The van der Waals surface area contributed by atoms with Crippen molar-refractivity contribution in [2.75, 3.05) is 191 Å². The fourth-order valence-corrected chi connectivity index (χ4v) is 11.6. The number of hydrogen-bond donors (Lipinski definition) is 16. The lowest BCUT2D eigenvalue weighted by Gasteiger charge is -2.39. The number of amides is 5. The molecule has 16 atom stereocenters. The Morgan fingerprint density at radius 3 is 1.18 bits per heavy atom. The third kappa shape index (κ3) is 40.3. The summed E-state index contributed by atoms with van der Waals surface area (Å²) in [6, 6.07) is -0.147. The molecule has 0 aromatic heterocycles. The molecular formula is C70H129N5O33. The van der Waals surface area contributed by atoms with E-state index in [1.807, 2.05) is 20.8 Å². The van der Waals surface area contributed by atoms with E-state index in [1.165, 1.54) is 0 Å². The normalized spacial score (nSPS) is 26.6. The molecule has 632 valence electrons. The molecule has 4 heterocycles. The molecule has 0 saturated carbocycles. The van der Waals surface area contributed by atoms with Gasteiger partial charge in [-0.1, -0.05) is 38.5 Å². The van der Waals surface area contributed by atoms with Gasteiger partial charge in [0.25, 0.3) is 0 Å². The summed E-state index contributed by atoms with van der Waals surface area (Å²) in [5, 5.41) is 130. The van der Waals surface area contributed by atoms with Crippen molar-refractivity contribution < 1.29 is 161 Å². The number of nitrogens with zero attached hydrogens (tertiary/aromatic N) is 1. The molecule has 4 aliphatic rings. The molecule has 0 spiro atoms. The highest BCUT2D eigenvalue weighted by Crippen LogP contribution is 2.26. The zero-order chi connectivity index (χ0) is 79.0. The van der Waals surface area contributed by atoms with Gasteiger partial charge < -0.3 is 163 Å². The lowest BCUT2D eigenvalue weighted by atomic mass is 9.99. The van der Waals surface area contributed by atoms with E-state index in [-0.39, 0.29) is 238 Å². The van der Waals surface area contributed by atoms with Gasteiger partial charge in [0.05, 0.1) is 195 Å². The SMILES string of the molecule is CC(C)(C)OC[C@@H]1C[C@@H](O)CN1C(=O)CCCCCCCCCCC(=O)NC(COCCC(=O)NCCOCCOCCO[C@H]1OC(CO)[C@@H](O)[C@H](O)C1O)(COCCC(=O)NCCOCCOCCO[C@H]1OC(CO)[C@@H](O)[C@H](O)C1O)COCCC(=O)NCCOCCOCCO[C@H]1OC(CO)C[C@H](O)C1O. The summed E-state index contributed by atoms with van der Waals surface area (Å²) in [5.41, 5.74) is -1.74. The number of carbonyl (C=O) groups is 5. The average Bonchev–Trinajstić information content (AvgIpc) is 1.19. The fourth-order valence-electron chi connectivity index (χ4n) is 11.6. The molecule has 16 N–H and O–H groups in total. The Balaban J connectivity index is 1.25. The lowest BCUT2D eigenvalue weighted by Crippen LogP contribution is -2.59. The molecule has 4 fully saturated rings. The van der Waals surface area contributed by atoms with Crippen LogP contribution < -0.4 is 21.3 Å². The van der Waals surface area contributed by atoms with Crippen molar-refractivity contribution in [3.8, 4) is 0 Å². The molecule has 0 aliphatic carbocycles. The number of hydrogen-bond acceptors (Lipinski definition) is 33. The highest BCUT2D eigenvalue weighted by Gasteiger charge is 2.46. The Labute approximate surface area is 632 Å². The Morgan fingerprint density at radius 1 is 0.398 bits per heavy atom. The summed E-state index contributed by atoms with van der Waals surface area (Å²) in [5.74, 6) is -1.41. The first-order valence-corrected chi connectivity index (χ1v) is 37.9. The van der Waals surface area contributed by atoms with Crippen LogP contribution in [0.2, 0.25) is 0 Å². The second-order valence-electron chi connectivity index (χ2n) is 27.9. The van der Waals surface area contributed by atoms with E-state index >= 15 is 0 Å². The smallest absolute Gasteiger partial charge is 0.222 e. The van der Waals surface area contributed by atoms with E-state index in [0.717, 1.165) is 44.9 Å². The van der Waals surface area contributed by atoms with Crippen molar-refractivity contribution >= 4 is 29.5 Å². The lowest BCUT2D eigenvalue weighted by molar-refractivity contribution is -0.302. The van der Waals surface area contributed by atoms with E-state index < -0.39 is 111 Å². The van der Waals surface area contributed by atoms with E-state index in [2.05, 4.69) is 21.3 Å². The first-order valence-electron chi connectivity index (χ1n) is 37.9. The summed E-state index contributed by atoms with van der Waals surface area (Å²) in [6.45, 7) is 6.24. The van der Waals surface area contributed by atoms with E-state index in [1.54, 1.807) is 4.90 Å². The maximum absolute atomic E-state index is 14.0. The van der Waals surface area contributed by atoms with Gasteiger partial charge in [-0.2, -0.15) is 0 Å². The first-order chi connectivity index (χ1) is 51.9. The molecule has 4 aliphatic heterocycles. The van der Waals surface area contributed by atoms with Gasteiger partial charge in [-0.15, -0.1) is 0 Å². The molecule has 6 unspecified atom stereocenters. The van der Waals surface area contributed by atoms with Crippen LogP contribution in [0, 0.1) is 0 Å². The van der Waals surface area contributed by atoms with Crippen LogP contribution in [0.4, 0.5) is 0 Å². The first kappa shape index (κ1) is 96.6. The van der Waals surface area contributed by atoms with Crippen LogP contribution >= 0.6 is 0 Å². The van der Waals surface area contributed by atoms with Crippen molar-refractivity contribution in [1.82, 2.24) is 26.2 Å². The number of rotatable bonds is 62. The van der Waals surface area contributed by atoms with E-state index in [4.69, 9.17) is 75.8 Å². The highest BCUT2D eigenvalue weighted by molar-refractivity contribution is 5.78. The number of likely N-dealkylation sites (tertiary alicyclic amines) is 1. The second-order valence-corrected chi connectivity index (χ2v) is 27.9. The minimum absolute atomic E-state index is 0.0244. The Kier molecular flexibility index (Phi) is 50.5. The Morgan fingerprint density at radius 2 is 0.778 bits per heavy atom. The predicted octanol–water partition coefficient (Wildman–Crippen LogP) is -5.33. The Hall–Kier alpha value is -3.77. The van der Waals surface area contributed by atoms with Crippen molar-refractivity contribution in [2.24, 2.45) is 0 Å². The molecule has 0 radical (unpaired) electrons. The summed E-state index contributed by atoms with van der Waals surface area (Å²) in [7, 11) is 0. The second kappa shape index (κ2) is 56.5. The molecule has 4 saturated heterocycles. The monoisotopic (exact) mass is 1570 g/mol. The minimum Gasteiger partial charge on any atom is -0.394 e. The summed E-state index contributed by atoms with van der Waals surface area (Å²) in [4.78, 5) is 67.8. The van der Waals surface area contributed by atoms with Crippen LogP contribution in [0.5, 0.6) is 0 Å². The molecule has 4 rings (SSSR count). The van der Waals surface area contributed by atoms with Gasteiger partial charge in [-0.3, -0.25) is 24.0 Å². The number of nitrogens with one attached hydrogen (secondary N) is 4. The van der Waals surface area contributed by atoms with Crippen LogP contribution in [0.15, 0.2) is 0 Å². The van der Waals surface area contributed by atoms with Crippen molar-refractivity contribution in [3.05, 3.63) is 0 Å². The molecule has 5 amide bonds. The van der Waals surface area contributed by atoms with Crippen molar-refractivity contribution in [2.45, 2.75) is 226 Å². The zero-order valence-corrected chi connectivity index (χ0v) is 63.2. The summed E-state index contributed by atoms with van der Waals surface area (Å²) < 4.78 is 89.7. The zero-order valence-electron chi connectivity index (χ0n) is 63.2. The Bertz CT molecular complexity index is 2300. The third-order valence-corrected chi connectivity index (χ3v) is 17.7. The third-order valence-electron chi connectivity index (χ3n) is 17.7. The number of aliphatic hydroxyl groups is 12. The molecule has 0 aromatic carbocycles. The molecule has 0 aromatic rings. The van der Waals surface area contributed by atoms with Gasteiger partial charge in [0.1, 0.15) is 60.5 Å². The molecule has 0 bridgehead atoms. The van der Waals surface area contributed by atoms with Crippen LogP contribution in [-0.4, -0.2) is 396 Å². The van der Waals surface area contributed by atoms with Gasteiger partial charge in [0, 0.05) is 64.7 Å². The van der Waals surface area contributed by atoms with Crippen LogP contribution in [0.25, 0.3) is 0 Å². The van der Waals surface area contributed by atoms with Gasteiger partial charge in [-0.05, 0) is 40.0 Å². The number of β-amino-alcohol motifs (C(OH)–C–C–N with tert-alkyl or cyclic N) is 1. The number of unbranched alkanes of at least 4 members (excludes halogenated alkanes) is 7. The predicted molar refractivity (Wildman–Crippen MR) is 377 cm³/mol.